The van der Waals surface area contributed by atoms with Gasteiger partial charge in [0, 0.05) is 12.6 Å². The summed E-state index contributed by atoms with van der Waals surface area (Å²) in [5.41, 5.74) is 3.39. The number of hydrogen-bond donors (Lipinski definition) is 2. The molecule has 0 radical (unpaired) electrons. The molecule has 0 saturated carbocycles. The third-order valence-electron chi connectivity index (χ3n) is 3.63. The summed E-state index contributed by atoms with van der Waals surface area (Å²) in [6.45, 7) is 4.84. The second kappa shape index (κ2) is 7.05. The molecule has 2 aromatic carbocycles. The molecule has 0 aliphatic rings. The number of aryl methyl sites for hydroxylation is 1. The molecular weight excluding hydrogens is 296 g/mol. The fraction of sp³-hybridized carbons (Fsp3) is 0.294. The lowest BCUT2D eigenvalue weighted by atomic mass is 10.1. The van der Waals surface area contributed by atoms with Gasteiger partial charge in [-0.1, -0.05) is 42.0 Å². The van der Waals surface area contributed by atoms with Gasteiger partial charge in [-0.15, -0.1) is 0 Å². The minimum Gasteiger partial charge on any atom is -0.306 e. The van der Waals surface area contributed by atoms with Crippen molar-refractivity contribution in [1.29, 1.82) is 0 Å². The van der Waals surface area contributed by atoms with Crippen LogP contribution in [0.25, 0.3) is 0 Å². The van der Waals surface area contributed by atoms with Crippen molar-refractivity contribution in [2.75, 3.05) is 7.05 Å². The summed E-state index contributed by atoms with van der Waals surface area (Å²) in [7, 11) is -1.99. The van der Waals surface area contributed by atoms with Crippen molar-refractivity contribution >= 4 is 10.0 Å². The van der Waals surface area contributed by atoms with Crippen LogP contribution < -0.4 is 10.0 Å². The van der Waals surface area contributed by atoms with Crippen molar-refractivity contribution in [3.05, 3.63) is 65.2 Å². The second-order valence-electron chi connectivity index (χ2n) is 5.37. The quantitative estimate of drug-likeness (QED) is 0.861. The summed E-state index contributed by atoms with van der Waals surface area (Å²) in [6.07, 6.45) is 0. The standard InChI is InChI=1S/C17H22N2O2S/c1-13-6-4-7-15(10-13)12-19-14(2)16-8-5-9-17(11-16)22(20,21)18-3/h4-11,14,18-19H,12H2,1-3H3/t14-/m0/s1. The van der Waals surface area contributed by atoms with Gasteiger partial charge in [0.1, 0.15) is 0 Å². The first-order valence-corrected chi connectivity index (χ1v) is 8.73. The molecule has 2 aromatic rings. The van der Waals surface area contributed by atoms with Gasteiger partial charge in [0.15, 0.2) is 0 Å². The van der Waals surface area contributed by atoms with Crippen molar-refractivity contribution in [3.63, 3.8) is 0 Å². The molecule has 0 aliphatic carbocycles. The van der Waals surface area contributed by atoms with Crippen molar-refractivity contribution < 1.29 is 8.42 Å². The highest BCUT2D eigenvalue weighted by atomic mass is 32.2. The van der Waals surface area contributed by atoms with Crippen LogP contribution in [0.1, 0.15) is 29.7 Å². The Hall–Kier alpha value is -1.69. The van der Waals surface area contributed by atoms with E-state index in [-0.39, 0.29) is 10.9 Å². The molecular formula is C17H22N2O2S. The average molecular weight is 318 g/mol. The molecule has 5 heteroatoms. The molecule has 4 nitrogen and oxygen atoms in total. The molecule has 0 spiro atoms. The van der Waals surface area contributed by atoms with Crippen LogP contribution in [0.15, 0.2) is 53.4 Å². The third kappa shape index (κ3) is 4.16. The largest absolute Gasteiger partial charge is 0.306 e. The normalized spacial score (nSPS) is 13.0. The Kier molecular flexibility index (Phi) is 5.34. The van der Waals surface area contributed by atoms with Gasteiger partial charge in [0.2, 0.25) is 10.0 Å². The molecule has 0 aliphatic heterocycles. The summed E-state index contributed by atoms with van der Waals surface area (Å²) in [6, 6.07) is 15.4. The van der Waals surface area contributed by atoms with E-state index in [1.165, 1.54) is 18.2 Å². The molecule has 0 heterocycles. The Morgan fingerprint density at radius 1 is 1.09 bits per heavy atom. The summed E-state index contributed by atoms with van der Waals surface area (Å²) in [5.74, 6) is 0. The Morgan fingerprint density at radius 2 is 1.82 bits per heavy atom. The first-order chi connectivity index (χ1) is 10.4. The fourth-order valence-electron chi connectivity index (χ4n) is 2.28. The molecule has 2 rings (SSSR count). The van der Waals surface area contributed by atoms with Gasteiger partial charge in [0.25, 0.3) is 0 Å². The molecule has 118 valence electrons. The number of nitrogens with one attached hydrogen (secondary N) is 2. The van der Waals surface area contributed by atoms with E-state index in [1.807, 2.05) is 19.1 Å². The predicted octanol–water partition coefficient (Wildman–Crippen LogP) is 2.75. The Bertz CT molecular complexity index is 742. The maximum atomic E-state index is 11.9. The van der Waals surface area contributed by atoms with Crippen LogP contribution >= 0.6 is 0 Å². The van der Waals surface area contributed by atoms with Crippen molar-refractivity contribution in [2.45, 2.75) is 31.3 Å². The molecule has 0 fully saturated rings. The Labute approximate surface area is 132 Å². The van der Waals surface area contributed by atoms with Gasteiger partial charge < -0.3 is 5.32 Å². The van der Waals surface area contributed by atoms with E-state index >= 15 is 0 Å². The predicted molar refractivity (Wildman–Crippen MR) is 89.1 cm³/mol. The Morgan fingerprint density at radius 3 is 2.50 bits per heavy atom. The topological polar surface area (TPSA) is 58.2 Å². The summed E-state index contributed by atoms with van der Waals surface area (Å²) in [4.78, 5) is 0.289. The highest BCUT2D eigenvalue weighted by molar-refractivity contribution is 7.89. The van der Waals surface area contributed by atoms with Crippen molar-refractivity contribution in [1.82, 2.24) is 10.0 Å². The molecule has 22 heavy (non-hydrogen) atoms. The van der Waals surface area contributed by atoms with Gasteiger partial charge in [-0.3, -0.25) is 0 Å². The van der Waals surface area contributed by atoms with E-state index in [1.54, 1.807) is 18.2 Å². The number of sulfonamides is 1. The van der Waals surface area contributed by atoms with Crippen LogP contribution in [-0.4, -0.2) is 15.5 Å². The second-order valence-corrected chi connectivity index (χ2v) is 7.26. The van der Waals surface area contributed by atoms with Gasteiger partial charge in [-0.25, -0.2) is 13.1 Å². The zero-order valence-corrected chi connectivity index (χ0v) is 13.9. The van der Waals surface area contributed by atoms with Crippen LogP contribution in [-0.2, 0) is 16.6 Å². The average Bonchev–Trinajstić information content (AvgIpc) is 2.53. The van der Waals surface area contributed by atoms with Gasteiger partial charge >= 0.3 is 0 Å². The van der Waals surface area contributed by atoms with Crippen molar-refractivity contribution in [3.8, 4) is 0 Å². The lowest BCUT2D eigenvalue weighted by Crippen LogP contribution is -2.21. The van der Waals surface area contributed by atoms with E-state index in [2.05, 4.69) is 35.2 Å². The molecule has 1 atom stereocenters. The molecule has 2 N–H and O–H groups in total. The first-order valence-electron chi connectivity index (χ1n) is 7.25. The van der Waals surface area contributed by atoms with Gasteiger partial charge in [0.05, 0.1) is 4.90 Å². The third-order valence-corrected chi connectivity index (χ3v) is 5.04. The first kappa shape index (κ1) is 16.7. The van der Waals surface area contributed by atoms with E-state index in [0.717, 1.165) is 12.1 Å². The van der Waals surface area contributed by atoms with E-state index in [9.17, 15) is 8.42 Å². The number of benzene rings is 2. The highest BCUT2D eigenvalue weighted by Gasteiger charge is 2.13. The number of rotatable bonds is 6. The molecule has 0 saturated heterocycles. The van der Waals surface area contributed by atoms with E-state index in [4.69, 9.17) is 0 Å². The minimum absolute atomic E-state index is 0.0625. The smallest absolute Gasteiger partial charge is 0.240 e. The van der Waals surface area contributed by atoms with Crippen LogP contribution in [0.4, 0.5) is 0 Å². The Balaban J connectivity index is 2.10. The van der Waals surface area contributed by atoms with E-state index < -0.39 is 10.0 Å². The van der Waals surface area contributed by atoms with Crippen LogP contribution in [0.5, 0.6) is 0 Å². The van der Waals surface area contributed by atoms with Crippen molar-refractivity contribution in [2.24, 2.45) is 0 Å². The summed E-state index contributed by atoms with van der Waals surface area (Å²) in [5, 5.41) is 3.42. The zero-order valence-electron chi connectivity index (χ0n) is 13.1. The van der Waals surface area contributed by atoms with E-state index in [0.29, 0.717) is 0 Å². The summed E-state index contributed by atoms with van der Waals surface area (Å²) >= 11 is 0. The van der Waals surface area contributed by atoms with Crippen LogP contribution in [0.3, 0.4) is 0 Å². The molecule has 0 bridgehead atoms. The summed E-state index contributed by atoms with van der Waals surface area (Å²) < 4.78 is 26.1. The fourth-order valence-corrected chi connectivity index (χ4v) is 3.06. The highest BCUT2D eigenvalue weighted by Crippen LogP contribution is 2.18. The minimum atomic E-state index is -3.40. The molecule has 0 amide bonds. The van der Waals surface area contributed by atoms with Crippen LogP contribution in [0.2, 0.25) is 0 Å². The molecule has 0 aromatic heterocycles. The lowest BCUT2D eigenvalue weighted by Gasteiger charge is -2.15. The van der Waals surface area contributed by atoms with Crippen LogP contribution in [0, 0.1) is 6.92 Å². The molecule has 0 unspecified atom stereocenters. The lowest BCUT2D eigenvalue weighted by molar-refractivity contribution is 0.571. The SMILES string of the molecule is CNS(=O)(=O)c1cccc([C@H](C)NCc2cccc(C)c2)c1. The van der Waals surface area contributed by atoms with Gasteiger partial charge in [-0.05, 0) is 44.2 Å². The zero-order chi connectivity index (χ0) is 16.2. The van der Waals surface area contributed by atoms with Gasteiger partial charge in [-0.2, -0.15) is 0 Å². The maximum Gasteiger partial charge on any atom is 0.240 e. The maximum absolute atomic E-state index is 11.9. The monoisotopic (exact) mass is 318 g/mol. The number of hydrogen-bond acceptors (Lipinski definition) is 3.